The Morgan fingerprint density at radius 1 is 1.67 bits per heavy atom. The van der Waals surface area contributed by atoms with Crippen LogP contribution in [-0.2, 0) is 6.54 Å². The molecule has 3 heteroatoms. The van der Waals surface area contributed by atoms with Crippen molar-refractivity contribution in [3.63, 3.8) is 0 Å². The minimum Gasteiger partial charge on any atom is -0.308 e. The number of hydrogen-bond donors (Lipinski definition) is 2. The first-order valence-electron chi connectivity index (χ1n) is 5.72. The molecule has 0 spiro atoms. The molecule has 15 heavy (non-hydrogen) atoms. The van der Waals surface area contributed by atoms with E-state index < -0.39 is 0 Å². The summed E-state index contributed by atoms with van der Waals surface area (Å²) in [5.41, 5.74) is 1.17. The maximum absolute atomic E-state index is 3.94. The minimum absolute atomic E-state index is 0.659. The van der Waals surface area contributed by atoms with Gasteiger partial charge in [0, 0.05) is 24.5 Å². The highest BCUT2D eigenvalue weighted by Crippen LogP contribution is 2.34. The van der Waals surface area contributed by atoms with E-state index in [1.165, 1.54) is 25.0 Å². The second kappa shape index (κ2) is 5.12. The third kappa shape index (κ3) is 3.20. The largest absolute Gasteiger partial charge is 0.308 e. The molecule has 0 aliphatic heterocycles. The molecule has 0 bridgehead atoms. The molecule has 1 heterocycles. The fourth-order valence-electron chi connectivity index (χ4n) is 1.92. The van der Waals surface area contributed by atoms with Crippen LogP contribution < -0.4 is 5.32 Å². The van der Waals surface area contributed by atoms with Gasteiger partial charge in [-0.15, -0.1) is 6.58 Å². The Hall–Kier alpha value is -1.09. The van der Waals surface area contributed by atoms with E-state index in [4.69, 9.17) is 0 Å². The number of hydrogen-bond acceptors (Lipinski definition) is 2. The molecule has 1 aliphatic carbocycles. The average molecular weight is 205 g/mol. The van der Waals surface area contributed by atoms with Crippen molar-refractivity contribution in [3.05, 3.63) is 30.6 Å². The first-order chi connectivity index (χ1) is 7.40. The first kappa shape index (κ1) is 10.4. The summed E-state index contributed by atoms with van der Waals surface area (Å²) in [6, 6.07) is 2.68. The van der Waals surface area contributed by atoms with Gasteiger partial charge in [-0.2, -0.15) is 5.10 Å². The molecule has 1 saturated carbocycles. The molecular weight excluding hydrogens is 186 g/mol. The molecule has 1 atom stereocenters. The minimum atomic E-state index is 0.659. The van der Waals surface area contributed by atoms with Crippen molar-refractivity contribution in [2.75, 3.05) is 0 Å². The number of aromatic amines is 1. The molecule has 1 aliphatic rings. The molecule has 2 rings (SSSR count). The number of aromatic nitrogens is 2. The standard InChI is InChI=1S/C12H19N3/c1-2-3-4-12(10-5-6-10)13-9-11-7-8-14-15-11/h2,7-8,10,12-13H,1,3-6,9H2,(H,14,15). The van der Waals surface area contributed by atoms with Gasteiger partial charge in [0.15, 0.2) is 0 Å². The second-order valence-corrected chi connectivity index (χ2v) is 4.27. The lowest BCUT2D eigenvalue weighted by atomic mass is 10.1. The predicted molar refractivity (Wildman–Crippen MR) is 61.4 cm³/mol. The van der Waals surface area contributed by atoms with Gasteiger partial charge in [0.25, 0.3) is 0 Å². The third-order valence-corrected chi connectivity index (χ3v) is 2.99. The highest BCUT2D eigenvalue weighted by molar-refractivity contribution is 4.98. The topological polar surface area (TPSA) is 40.7 Å². The van der Waals surface area contributed by atoms with E-state index >= 15 is 0 Å². The van der Waals surface area contributed by atoms with E-state index in [-0.39, 0.29) is 0 Å². The van der Waals surface area contributed by atoms with Gasteiger partial charge >= 0.3 is 0 Å². The molecule has 0 radical (unpaired) electrons. The van der Waals surface area contributed by atoms with E-state index in [0.717, 1.165) is 18.9 Å². The van der Waals surface area contributed by atoms with Gasteiger partial charge < -0.3 is 5.32 Å². The lowest BCUT2D eigenvalue weighted by Gasteiger charge is -2.16. The molecule has 3 nitrogen and oxygen atoms in total. The van der Waals surface area contributed by atoms with Crippen LogP contribution >= 0.6 is 0 Å². The van der Waals surface area contributed by atoms with Crippen LogP contribution in [0.5, 0.6) is 0 Å². The number of rotatable bonds is 7. The number of H-pyrrole nitrogens is 1. The SMILES string of the molecule is C=CCCC(NCc1ccn[nH]1)C1CC1. The summed E-state index contributed by atoms with van der Waals surface area (Å²) in [7, 11) is 0. The van der Waals surface area contributed by atoms with E-state index in [9.17, 15) is 0 Å². The Kier molecular flexibility index (Phi) is 3.56. The number of nitrogens with one attached hydrogen (secondary N) is 2. The van der Waals surface area contributed by atoms with Gasteiger partial charge in [-0.05, 0) is 37.7 Å². The molecule has 0 saturated heterocycles. The van der Waals surface area contributed by atoms with Crippen molar-refractivity contribution in [1.29, 1.82) is 0 Å². The normalized spacial score (nSPS) is 17.6. The summed E-state index contributed by atoms with van der Waals surface area (Å²) in [4.78, 5) is 0. The van der Waals surface area contributed by atoms with E-state index in [2.05, 4.69) is 22.1 Å². The Morgan fingerprint density at radius 2 is 2.53 bits per heavy atom. The zero-order valence-corrected chi connectivity index (χ0v) is 9.08. The molecule has 0 aromatic carbocycles. The average Bonchev–Trinajstić information content (AvgIpc) is 2.95. The van der Waals surface area contributed by atoms with Crippen molar-refractivity contribution in [3.8, 4) is 0 Å². The van der Waals surface area contributed by atoms with Crippen molar-refractivity contribution in [2.24, 2.45) is 5.92 Å². The van der Waals surface area contributed by atoms with Crippen LogP contribution in [0, 0.1) is 5.92 Å². The summed E-state index contributed by atoms with van der Waals surface area (Å²) in [6.45, 7) is 4.68. The molecule has 1 aromatic rings. The van der Waals surface area contributed by atoms with Gasteiger partial charge in [-0.3, -0.25) is 5.10 Å². The Morgan fingerprint density at radius 3 is 3.13 bits per heavy atom. The van der Waals surface area contributed by atoms with Crippen LogP contribution in [0.15, 0.2) is 24.9 Å². The molecule has 1 aromatic heterocycles. The fourth-order valence-corrected chi connectivity index (χ4v) is 1.92. The lowest BCUT2D eigenvalue weighted by molar-refractivity contribution is 0.434. The highest BCUT2D eigenvalue weighted by Gasteiger charge is 2.30. The van der Waals surface area contributed by atoms with E-state index in [0.29, 0.717) is 6.04 Å². The molecule has 0 amide bonds. The zero-order valence-electron chi connectivity index (χ0n) is 9.08. The van der Waals surface area contributed by atoms with Crippen LogP contribution in [0.25, 0.3) is 0 Å². The number of nitrogens with zero attached hydrogens (tertiary/aromatic N) is 1. The van der Waals surface area contributed by atoms with Crippen LogP contribution in [0.1, 0.15) is 31.4 Å². The van der Waals surface area contributed by atoms with E-state index in [1.807, 2.05) is 12.1 Å². The van der Waals surface area contributed by atoms with Crippen molar-refractivity contribution < 1.29 is 0 Å². The van der Waals surface area contributed by atoms with Crippen LogP contribution in [0.4, 0.5) is 0 Å². The van der Waals surface area contributed by atoms with Gasteiger partial charge in [-0.1, -0.05) is 6.08 Å². The maximum atomic E-state index is 3.94. The fraction of sp³-hybridized carbons (Fsp3) is 0.583. The summed E-state index contributed by atoms with van der Waals surface area (Å²) in [5, 5.41) is 10.5. The molecule has 82 valence electrons. The Bertz CT molecular complexity index is 288. The summed E-state index contributed by atoms with van der Waals surface area (Å²) < 4.78 is 0. The van der Waals surface area contributed by atoms with Crippen molar-refractivity contribution in [2.45, 2.75) is 38.3 Å². The molecular formula is C12H19N3. The zero-order chi connectivity index (χ0) is 10.5. The van der Waals surface area contributed by atoms with Crippen molar-refractivity contribution >= 4 is 0 Å². The van der Waals surface area contributed by atoms with Crippen LogP contribution in [-0.4, -0.2) is 16.2 Å². The first-order valence-corrected chi connectivity index (χ1v) is 5.72. The van der Waals surface area contributed by atoms with Gasteiger partial charge in [0.1, 0.15) is 0 Å². The highest BCUT2D eigenvalue weighted by atomic mass is 15.1. The van der Waals surface area contributed by atoms with Gasteiger partial charge in [-0.25, -0.2) is 0 Å². The maximum Gasteiger partial charge on any atom is 0.0490 e. The molecule has 2 N–H and O–H groups in total. The quantitative estimate of drug-likeness (QED) is 0.670. The van der Waals surface area contributed by atoms with Crippen LogP contribution in [0.3, 0.4) is 0 Å². The third-order valence-electron chi connectivity index (χ3n) is 2.99. The molecule has 1 fully saturated rings. The van der Waals surface area contributed by atoms with E-state index in [1.54, 1.807) is 6.20 Å². The predicted octanol–water partition coefficient (Wildman–Crippen LogP) is 2.24. The summed E-state index contributed by atoms with van der Waals surface area (Å²) in [5.74, 6) is 0.896. The summed E-state index contributed by atoms with van der Waals surface area (Å²) >= 11 is 0. The second-order valence-electron chi connectivity index (χ2n) is 4.27. The lowest BCUT2D eigenvalue weighted by Crippen LogP contribution is -2.30. The smallest absolute Gasteiger partial charge is 0.0490 e. The van der Waals surface area contributed by atoms with Crippen molar-refractivity contribution in [1.82, 2.24) is 15.5 Å². The van der Waals surface area contributed by atoms with Crippen LogP contribution in [0.2, 0.25) is 0 Å². The number of allylic oxidation sites excluding steroid dienone is 1. The Labute approximate surface area is 91.0 Å². The monoisotopic (exact) mass is 205 g/mol. The van der Waals surface area contributed by atoms with Gasteiger partial charge in [0.05, 0.1) is 0 Å². The molecule has 1 unspecified atom stereocenters. The Balaban J connectivity index is 1.76. The summed E-state index contributed by atoms with van der Waals surface area (Å²) in [6.07, 6.45) is 8.90. The van der Waals surface area contributed by atoms with Gasteiger partial charge in [0.2, 0.25) is 0 Å².